The SMILES string of the molecule is CCCc1cc(=O)[nH]c(SCC)c1C#N. The number of aromatic amines is 1. The van der Waals surface area contributed by atoms with E-state index < -0.39 is 0 Å². The first-order valence-corrected chi connectivity index (χ1v) is 6.00. The van der Waals surface area contributed by atoms with Crippen LogP contribution in [0.25, 0.3) is 0 Å². The van der Waals surface area contributed by atoms with Gasteiger partial charge in [-0.25, -0.2) is 0 Å². The lowest BCUT2D eigenvalue weighted by Crippen LogP contribution is -2.10. The summed E-state index contributed by atoms with van der Waals surface area (Å²) in [6.07, 6.45) is 1.72. The molecule has 80 valence electrons. The van der Waals surface area contributed by atoms with Gasteiger partial charge in [0.05, 0.1) is 10.6 Å². The summed E-state index contributed by atoms with van der Waals surface area (Å²) in [6.45, 7) is 4.03. The van der Waals surface area contributed by atoms with Crippen LogP contribution in [0.15, 0.2) is 15.9 Å². The fourth-order valence-electron chi connectivity index (χ4n) is 1.43. The third kappa shape index (κ3) is 2.87. The maximum absolute atomic E-state index is 11.4. The van der Waals surface area contributed by atoms with Crippen molar-refractivity contribution >= 4 is 11.8 Å². The predicted octanol–water partition coefficient (Wildman–Crippen LogP) is 2.31. The number of aryl methyl sites for hydroxylation is 1. The van der Waals surface area contributed by atoms with Gasteiger partial charge in [0.15, 0.2) is 0 Å². The fourth-order valence-corrected chi connectivity index (χ4v) is 2.21. The number of hydrogen-bond acceptors (Lipinski definition) is 3. The summed E-state index contributed by atoms with van der Waals surface area (Å²) < 4.78 is 0. The van der Waals surface area contributed by atoms with Crippen LogP contribution in [0.3, 0.4) is 0 Å². The van der Waals surface area contributed by atoms with E-state index in [1.54, 1.807) is 0 Å². The second kappa shape index (κ2) is 5.62. The first kappa shape index (κ1) is 11.9. The minimum atomic E-state index is -0.117. The maximum atomic E-state index is 11.4. The minimum Gasteiger partial charge on any atom is -0.316 e. The third-order valence-corrected chi connectivity index (χ3v) is 2.89. The molecular weight excluding hydrogens is 208 g/mol. The van der Waals surface area contributed by atoms with E-state index in [9.17, 15) is 4.79 Å². The molecular formula is C11H14N2OS. The van der Waals surface area contributed by atoms with Gasteiger partial charge in [-0.3, -0.25) is 4.79 Å². The van der Waals surface area contributed by atoms with E-state index in [4.69, 9.17) is 5.26 Å². The number of thioether (sulfide) groups is 1. The molecule has 1 heterocycles. The number of aromatic nitrogens is 1. The van der Waals surface area contributed by atoms with E-state index in [0.717, 1.165) is 24.2 Å². The summed E-state index contributed by atoms with van der Waals surface area (Å²) in [5.74, 6) is 0.847. The molecule has 1 rings (SSSR count). The van der Waals surface area contributed by atoms with Crippen LogP contribution >= 0.6 is 11.8 Å². The Bertz CT molecular complexity index is 401. The summed E-state index contributed by atoms with van der Waals surface area (Å²) in [4.78, 5) is 14.1. The lowest BCUT2D eigenvalue weighted by atomic mass is 10.1. The Morgan fingerprint density at radius 2 is 2.27 bits per heavy atom. The molecule has 0 fully saturated rings. The molecule has 1 N–H and O–H groups in total. The highest BCUT2D eigenvalue weighted by Gasteiger charge is 2.09. The van der Waals surface area contributed by atoms with Gasteiger partial charge >= 0.3 is 0 Å². The van der Waals surface area contributed by atoms with Crippen LogP contribution in [0.5, 0.6) is 0 Å². The van der Waals surface area contributed by atoms with Crippen molar-refractivity contribution in [2.24, 2.45) is 0 Å². The van der Waals surface area contributed by atoms with Gasteiger partial charge in [0, 0.05) is 6.07 Å². The third-order valence-electron chi connectivity index (χ3n) is 2.01. The number of rotatable bonds is 4. The van der Waals surface area contributed by atoms with Gasteiger partial charge in [-0.1, -0.05) is 20.3 Å². The van der Waals surface area contributed by atoms with Crippen LogP contribution < -0.4 is 5.56 Å². The summed E-state index contributed by atoms with van der Waals surface area (Å²) in [7, 11) is 0. The molecule has 0 aliphatic carbocycles. The van der Waals surface area contributed by atoms with Crippen molar-refractivity contribution in [1.82, 2.24) is 4.98 Å². The average molecular weight is 222 g/mol. The molecule has 0 radical (unpaired) electrons. The Morgan fingerprint density at radius 1 is 1.53 bits per heavy atom. The van der Waals surface area contributed by atoms with Gasteiger partial charge in [-0.05, 0) is 17.7 Å². The van der Waals surface area contributed by atoms with Crippen LogP contribution in [0.1, 0.15) is 31.4 Å². The predicted molar refractivity (Wildman–Crippen MR) is 62.2 cm³/mol. The van der Waals surface area contributed by atoms with Crippen LogP contribution in [-0.2, 0) is 6.42 Å². The molecule has 0 atom stereocenters. The normalized spacial score (nSPS) is 9.93. The van der Waals surface area contributed by atoms with E-state index >= 15 is 0 Å². The summed E-state index contributed by atoms with van der Waals surface area (Å²) >= 11 is 1.50. The van der Waals surface area contributed by atoms with Crippen molar-refractivity contribution < 1.29 is 0 Å². The lowest BCUT2D eigenvalue weighted by molar-refractivity contribution is 0.893. The van der Waals surface area contributed by atoms with Gasteiger partial charge < -0.3 is 4.98 Å². The molecule has 1 aromatic rings. The number of nitriles is 1. The van der Waals surface area contributed by atoms with Crippen molar-refractivity contribution in [3.05, 3.63) is 27.5 Å². The van der Waals surface area contributed by atoms with Gasteiger partial charge in [0.2, 0.25) is 5.56 Å². The van der Waals surface area contributed by atoms with E-state index in [0.29, 0.717) is 10.6 Å². The Labute approximate surface area is 93.5 Å². The molecule has 3 nitrogen and oxygen atoms in total. The molecule has 1 aromatic heterocycles. The number of H-pyrrole nitrogens is 1. The van der Waals surface area contributed by atoms with E-state index in [-0.39, 0.29) is 5.56 Å². The quantitative estimate of drug-likeness (QED) is 0.795. The summed E-state index contributed by atoms with van der Waals surface area (Å²) in [5.41, 5.74) is 1.37. The van der Waals surface area contributed by atoms with E-state index in [2.05, 4.69) is 11.1 Å². The van der Waals surface area contributed by atoms with Crippen molar-refractivity contribution in [2.75, 3.05) is 5.75 Å². The van der Waals surface area contributed by atoms with Crippen molar-refractivity contribution in [1.29, 1.82) is 5.26 Å². The zero-order chi connectivity index (χ0) is 11.3. The van der Waals surface area contributed by atoms with E-state index in [1.807, 2.05) is 13.8 Å². The molecule has 0 spiro atoms. The smallest absolute Gasteiger partial charge is 0.249 e. The highest BCUT2D eigenvalue weighted by atomic mass is 32.2. The minimum absolute atomic E-state index is 0.117. The number of nitrogens with zero attached hydrogens (tertiary/aromatic N) is 1. The molecule has 0 aliphatic rings. The molecule has 0 saturated carbocycles. The molecule has 0 unspecified atom stereocenters. The summed E-state index contributed by atoms with van der Waals surface area (Å²) in [5, 5.41) is 9.76. The largest absolute Gasteiger partial charge is 0.316 e. The Morgan fingerprint density at radius 3 is 2.80 bits per heavy atom. The van der Waals surface area contributed by atoms with Crippen LogP contribution in [0, 0.1) is 11.3 Å². The average Bonchev–Trinajstić information content (AvgIpc) is 2.18. The molecule has 0 saturated heterocycles. The second-order valence-electron chi connectivity index (χ2n) is 3.16. The summed E-state index contributed by atoms with van der Waals surface area (Å²) in [6, 6.07) is 3.70. The van der Waals surface area contributed by atoms with Crippen molar-refractivity contribution in [3.63, 3.8) is 0 Å². The van der Waals surface area contributed by atoms with E-state index in [1.165, 1.54) is 17.8 Å². The van der Waals surface area contributed by atoms with Crippen LogP contribution in [0.2, 0.25) is 0 Å². The zero-order valence-electron chi connectivity index (χ0n) is 8.96. The highest BCUT2D eigenvalue weighted by Crippen LogP contribution is 2.21. The monoisotopic (exact) mass is 222 g/mol. The molecule has 15 heavy (non-hydrogen) atoms. The van der Waals surface area contributed by atoms with Crippen molar-refractivity contribution in [2.45, 2.75) is 31.7 Å². The lowest BCUT2D eigenvalue weighted by Gasteiger charge is -2.06. The van der Waals surface area contributed by atoms with Gasteiger partial charge in [-0.15, -0.1) is 11.8 Å². The van der Waals surface area contributed by atoms with Gasteiger partial charge in [0.1, 0.15) is 6.07 Å². The van der Waals surface area contributed by atoms with Crippen LogP contribution in [0.4, 0.5) is 0 Å². The van der Waals surface area contributed by atoms with Crippen LogP contribution in [-0.4, -0.2) is 10.7 Å². The highest BCUT2D eigenvalue weighted by molar-refractivity contribution is 7.99. The van der Waals surface area contributed by atoms with Gasteiger partial charge in [0.25, 0.3) is 0 Å². The Kier molecular flexibility index (Phi) is 4.44. The number of pyridine rings is 1. The first-order valence-electron chi connectivity index (χ1n) is 5.02. The first-order chi connectivity index (χ1) is 7.22. The fraction of sp³-hybridized carbons (Fsp3) is 0.455. The zero-order valence-corrected chi connectivity index (χ0v) is 9.78. The Hall–Kier alpha value is -1.21. The Balaban J connectivity index is 3.26. The van der Waals surface area contributed by atoms with Crippen molar-refractivity contribution in [3.8, 4) is 6.07 Å². The molecule has 4 heteroatoms. The molecule has 0 amide bonds. The molecule has 0 aliphatic heterocycles. The molecule has 0 bridgehead atoms. The second-order valence-corrected chi connectivity index (χ2v) is 4.43. The molecule has 0 aromatic carbocycles. The number of hydrogen-bond donors (Lipinski definition) is 1. The number of nitrogens with one attached hydrogen (secondary N) is 1. The maximum Gasteiger partial charge on any atom is 0.249 e. The topological polar surface area (TPSA) is 56.6 Å². The van der Waals surface area contributed by atoms with Gasteiger partial charge in [-0.2, -0.15) is 5.26 Å². The standard InChI is InChI=1S/C11H14N2OS/c1-3-5-8-6-10(14)13-11(15-4-2)9(8)7-12/h6H,3-5H2,1-2H3,(H,13,14).